The van der Waals surface area contributed by atoms with Gasteiger partial charge in [0.25, 0.3) is 0 Å². The van der Waals surface area contributed by atoms with Crippen molar-refractivity contribution in [3.05, 3.63) is 191 Å². The van der Waals surface area contributed by atoms with Crippen molar-refractivity contribution in [3.8, 4) is 0 Å². The number of anilines is 1. The molecular weight excluding hydrogens is 847 g/mol. The first-order valence-electron chi connectivity index (χ1n) is 28.7. The van der Waals surface area contributed by atoms with Crippen molar-refractivity contribution in [1.29, 1.82) is 0 Å². The third-order valence-corrected chi connectivity index (χ3v) is 19.4. The lowest BCUT2D eigenvalue weighted by atomic mass is 9.73. The van der Waals surface area contributed by atoms with Crippen LogP contribution in [0.25, 0.3) is 5.57 Å². The van der Waals surface area contributed by atoms with Gasteiger partial charge in [-0.15, -0.1) is 0 Å². The van der Waals surface area contributed by atoms with Gasteiger partial charge in [0.05, 0.1) is 6.04 Å². The molecular formula is C67H81N3. The summed E-state index contributed by atoms with van der Waals surface area (Å²) in [6, 6.07) is 23.5. The number of hydrogen-bond acceptors (Lipinski definition) is 3. The summed E-state index contributed by atoms with van der Waals surface area (Å²) in [5.41, 5.74) is 15.9. The third-order valence-electron chi connectivity index (χ3n) is 19.4. The first-order valence-corrected chi connectivity index (χ1v) is 28.7. The van der Waals surface area contributed by atoms with Crippen molar-refractivity contribution in [1.82, 2.24) is 9.80 Å². The number of para-hydroxylation sites is 1. The standard InChI is InChI=1S/C67H81N3/c1-48-46-56(51-20-10-4-11-21-51)34-45-65(48)69(62-43-44-64-63-24-14-15-25-66(63)70(67(64)47-62)57-22-12-5-13-23-57)61-41-32-55(33-42-61)54-30-39-60(40-31-54)68(58-35-26-52(27-36-58)49-16-6-2-7-17-49)59-37-28-53(29-38-59)50-18-8-3-9-19-50/h2-4,6-10,12,14-18,20,22,24-25,28,32,37,41,43-44,48,50,52,54,56-58,60,65,67H,5,11,13,19,21,23,26-27,29-31,33-36,38-40,42,45-47H2,1H3. The fourth-order valence-corrected chi connectivity index (χ4v) is 15.7. The van der Waals surface area contributed by atoms with Crippen molar-refractivity contribution in [2.24, 2.45) is 23.7 Å². The molecule has 1 heterocycles. The molecule has 3 saturated carbocycles. The first kappa shape index (κ1) is 46.1. The molecule has 9 aliphatic carbocycles. The van der Waals surface area contributed by atoms with Gasteiger partial charge < -0.3 is 14.7 Å². The monoisotopic (exact) mass is 928 g/mol. The summed E-state index contributed by atoms with van der Waals surface area (Å²) in [6.07, 6.45) is 64.8. The Balaban J connectivity index is 0.783. The molecule has 3 fully saturated rings. The second-order valence-electron chi connectivity index (χ2n) is 23.3. The van der Waals surface area contributed by atoms with Gasteiger partial charge in [0, 0.05) is 64.8 Å². The molecule has 0 aromatic heterocycles. The first-order chi connectivity index (χ1) is 34.6. The van der Waals surface area contributed by atoms with E-state index in [-0.39, 0.29) is 0 Å². The summed E-state index contributed by atoms with van der Waals surface area (Å²) in [4.78, 5) is 8.82. The van der Waals surface area contributed by atoms with Gasteiger partial charge in [0.2, 0.25) is 0 Å². The Morgan fingerprint density at radius 1 is 0.529 bits per heavy atom. The maximum atomic E-state index is 3.04. The van der Waals surface area contributed by atoms with Gasteiger partial charge in [0.1, 0.15) is 0 Å². The topological polar surface area (TPSA) is 9.72 Å². The molecule has 70 heavy (non-hydrogen) atoms. The SMILES string of the molecule is CC1CC(C2=CC=CCC2)CCC1N(C1=CC=C(C2CCC(N(C3=CC=C(C4C=CC=CC4)CC3)C3CCC(c4ccccc4)CC3)CC2)CC1)C1=CC=C2c3ccccc3N(C3C=CCCC3)C2C1. The molecule has 0 spiro atoms. The summed E-state index contributed by atoms with van der Waals surface area (Å²) >= 11 is 0. The number of benzene rings is 2. The minimum absolute atomic E-state index is 0.399. The van der Waals surface area contributed by atoms with E-state index in [1.807, 2.05) is 0 Å². The van der Waals surface area contributed by atoms with Crippen molar-refractivity contribution >= 4 is 11.3 Å². The summed E-state index contributed by atoms with van der Waals surface area (Å²) in [5, 5.41) is 0. The third kappa shape index (κ3) is 9.45. The predicted molar refractivity (Wildman–Crippen MR) is 295 cm³/mol. The van der Waals surface area contributed by atoms with Gasteiger partial charge in [-0.1, -0.05) is 145 Å². The lowest BCUT2D eigenvalue weighted by Gasteiger charge is -2.48. The van der Waals surface area contributed by atoms with Crippen molar-refractivity contribution in [2.45, 2.75) is 184 Å². The van der Waals surface area contributed by atoms with E-state index in [9.17, 15) is 0 Å². The van der Waals surface area contributed by atoms with Crippen LogP contribution in [-0.2, 0) is 0 Å². The molecule has 0 bridgehead atoms. The molecule has 364 valence electrons. The van der Waals surface area contributed by atoms with Crippen LogP contribution in [0.15, 0.2) is 180 Å². The lowest BCUT2D eigenvalue weighted by molar-refractivity contribution is 0.100. The Bertz CT molecular complexity index is 2550. The molecule has 6 atom stereocenters. The lowest BCUT2D eigenvalue weighted by Crippen LogP contribution is -2.46. The number of rotatable bonds is 11. The highest BCUT2D eigenvalue weighted by Gasteiger charge is 2.43. The number of allylic oxidation sites excluding steroid dienone is 19. The average molecular weight is 928 g/mol. The summed E-state index contributed by atoms with van der Waals surface area (Å²) in [5.74, 6) is 3.41. The van der Waals surface area contributed by atoms with Gasteiger partial charge >= 0.3 is 0 Å². The van der Waals surface area contributed by atoms with Gasteiger partial charge in [-0.2, -0.15) is 0 Å². The average Bonchev–Trinajstić information content (AvgIpc) is 3.77. The quantitative estimate of drug-likeness (QED) is 0.208. The van der Waals surface area contributed by atoms with Crippen LogP contribution in [0.4, 0.5) is 5.69 Å². The highest BCUT2D eigenvalue weighted by atomic mass is 15.2. The van der Waals surface area contributed by atoms with Crippen LogP contribution < -0.4 is 4.90 Å². The number of hydrogen-bond donors (Lipinski definition) is 0. The van der Waals surface area contributed by atoms with Crippen LogP contribution >= 0.6 is 0 Å². The molecule has 6 unspecified atom stereocenters. The van der Waals surface area contributed by atoms with E-state index >= 15 is 0 Å². The van der Waals surface area contributed by atoms with Crippen molar-refractivity contribution in [3.63, 3.8) is 0 Å². The molecule has 0 amide bonds. The van der Waals surface area contributed by atoms with E-state index in [2.05, 4.69) is 167 Å². The highest BCUT2D eigenvalue weighted by Crippen LogP contribution is 2.50. The molecule has 2 aromatic rings. The van der Waals surface area contributed by atoms with Crippen molar-refractivity contribution in [2.75, 3.05) is 4.90 Å². The van der Waals surface area contributed by atoms with Crippen LogP contribution in [-0.4, -0.2) is 40.0 Å². The molecule has 2 aromatic carbocycles. The molecule has 0 N–H and O–H groups in total. The van der Waals surface area contributed by atoms with Gasteiger partial charge in [0.15, 0.2) is 0 Å². The maximum absolute atomic E-state index is 3.04. The number of fused-ring (bicyclic) bond motifs is 3. The zero-order chi connectivity index (χ0) is 46.8. The summed E-state index contributed by atoms with van der Waals surface area (Å²) in [7, 11) is 0. The molecule has 3 heteroatoms. The van der Waals surface area contributed by atoms with Gasteiger partial charge in [-0.3, -0.25) is 0 Å². The van der Waals surface area contributed by atoms with Crippen molar-refractivity contribution < 1.29 is 0 Å². The summed E-state index contributed by atoms with van der Waals surface area (Å²) in [6.45, 7) is 2.60. The smallest absolute Gasteiger partial charge is 0.0610 e. The second-order valence-corrected chi connectivity index (χ2v) is 23.3. The largest absolute Gasteiger partial charge is 0.369 e. The molecule has 10 aliphatic rings. The minimum Gasteiger partial charge on any atom is -0.369 e. The van der Waals surface area contributed by atoms with E-state index < -0.39 is 0 Å². The number of nitrogens with zero attached hydrogens (tertiary/aromatic N) is 3. The minimum atomic E-state index is 0.399. The van der Waals surface area contributed by atoms with Crippen LogP contribution in [0.5, 0.6) is 0 Å². The van der Waals surface area contributed by atoms with E-state index in [0.717, 1.165) is 24.7 Å². The van der Waals surface area contributed by atoms with Gasteiger partial charge in [-0.05, 0) is 194 Å². The Morgan fingerprint density at radius 3 is 1.97 bits per heavy atom. The van der Waals surface area contributed by atoms with Crippen LogP contribution in [0.2, 0.25) is 0 Å². The zero-order valence-electron chi connectivity index (χ0n) is 42.5. The molecule has 0 radical (unpaired) electrons. The summed E-state index contributed by atoms with van der Waals surface area (Å²) < 4.78 is 0. The maximum Gasteiger partial charge on any atom is 0.0610 e. The van der Waals surface area contributed by atoms with Crippen LogP contribution in [0.3, 0.4) is 0 Å². The Kier molecular flexibility index (Phi) is 13.8. The van der Waals surface area contributed by atoms with E-state index in [1.54, 1.807) is 39.4 Å². The zero-order valence-corrected chi connectivity index (χ0v) is 42.5. The molecule has 0 saturated heterocycles. The second kappa shape index (κ2) is 21.0. The van der Waals surface area contributed by atoms with Gasteiger partial charge in [-0.25, -0.2) is 0 Å². The fourth-order valence-electron chi connectivity index (χ4n) is 15.7. The highest BCUT2D eigenvalue weighted by molar-refractivity contribution is 5.90. The molecule has 12 rings (SSSR count). The Hall–Kier alpha value is -5.02. The fraction of sp³-hybridized carbons (Fsp3) is 0.493. The predicted octanol–water partition coefficient (Wildman–Crippen LogP) is 17.0. The van der Waals surface area contributed by atoms with E-state index in [4.69, 9.17) is 0 Å². The van der Waals surface area contributed by atoms with E-state index in [0.29, 0.717) is 48.0 Å². The van der Waals surface area contributed by atoms with Crippen LogP contribution in [0.1, 0.15) is 165 Å². The molecule has 1 aliphatic heterocycles. The Morgan fingerprint density at radius 2 is 1.26 bits per heavy atom. The molecule has 3 nitrogen and oxygen atoms in total. The normalized spacial score (nSPS) is 32.9. The Labute approximate surface area is 422 Å². The van der Waals surface area contributed by atoms with E-state index in [1.165, 1.54) is 145 Å². The van der Waals surface area contributed by atoms with Crippen LogP contribution in [0, 0.1) is 23.7 Å².